The molecule has 0 radical (unpaired) electrons. The van der Waals surface area contributed by atoms with Gasteiger partial charge < -0.3 is 19.7 Å². The van der Waals surface area contributed by atoms with Gasteiger partial charge in [0.05, 0.1) is 18.3 Å². The van der Waals surface area contributed by atoms with Crippen molar-refractivity contribution in [3.05, 3.63) is 35.3 Å². The summed E-state index contributed by atoms with van der Waals surface area (Å²) in [5.41, 5.74) is 0. The molecule has 7 heteroatoms. The molecule has 1 N–H and O–H groups in total. The van der Waals surface area contributed by atoms with Crippen LogP contribution in [0.3, 0.4) is 0 Å². The predicted molar refractivity (Wildman–Crippen MR) is 103 cm³/mol. The number of hydrogen-bond donors (Lipinski definition) is 1. The van der Waals surface area contributed by atoms with E-state index in [1.165, 1.54) is 16.2 Å². The van der Waals surface area contributed by atoms with Crippen molar-refractivity contribution in [1.29, 1.82) is 0 Å². The Morgan fingerprint density at radius 2 is 1.85 bits per heavy atom. The number of carbonyl (C=O) groups excluding carboxylic acids is 1. The zero-order chi connectivity index (χ0) is 19.1. The normalized spacial score (nSPS) is 11.3. The molecular formula is C19H23N3O3S. The van der Waals surface area contributed by atoms with Gasteiger partial charge in [-0.25, -0.2) is 9.78 Å². The molecule has 0 bridgehead atoms. The van der Waals surface area contributed by atoms with Crippen LogP contribution < -0.4 is 14.8 Å². The molecule has 1 unspecified atom stereocenters. The van der Waals surface area contributed by atoms with Crippen LogP contribution in [0.15, 0.2) is 30.5 Å². The number of rotatable bonds is 5. The van der Waals surface area contributed by atoms with Crippen molar-refractivity contribution in [3.8, 4) is 28.5 Å². The van der Waals surface area contributed by atoms with E-state index >= 15 is 0 Å². The molecule has 2 aromatic rings. The van der Waals surface area contributed by atoms with Crippen LogP contribution in [0, 0.1) is 11.8 Å². The summed E-state index contributed by atoms with van der Waals surface area (Å²) < 4.78 is 11.3. The Hall–Kier alpha value is -2.72. The fourth-order valence-corrected chi connectivity index (χ4v) is 2.50. The van der Waals surface area contributed by atoms with Crippen molar-refractivity contribution in [2.45, 2.75) is 32.9 Å². The Morgan fingerprint density at radius 1 is 1.19 bits per heavy atom. The minimum absolute atomic E-state index is 0.131. The number of urea groups is 1. The van der Waals surface area contributed by atoms with Gasteiger partial charge in [0.25, 0.3) is 5.19 Å². The minimum atomic E-state index is -0.259. The first kappa shape index (κ1) is 19.6. The third-order valence-corrected chi connectivity index (χ3v) is 3.83. The second kappa shape index (κ2) is 9.11. The first-order valence-corrected chi connectivity index (χ1v) is 9.05. The number of thiazole rings is 1. The van der Waals surface area contributed by atoms with E-state index in [0.717, 1.165) is 10.6 Å². The van der Waals surface area contributed by atoms with E-state index in [1.807, 2.05) is 45.0 Å². The van der Waals surface area contributed by atoms with E-state index in [1.54, 1.807) is 20.3 Å². The smallest absolute Gasteiger partial charge is 0.317 e. The molecule has 0 saturated carbocycles. The molecule has 0 spiro atoms. The highest BCUT2D eigenvalue weighted by Crippen LogP contribution is 2.27. The summed E-state index contributed by atoms with van der Waals surface area (Å²) in [6.07, 6.45) is 1.79. The first-order valence-electron chi connectivity index (χ1n) is 8.23. The molecule has 6 nitrogen and oxygen atoms in total. The SMILES string of the molecule is CC(C#Cc1cnc(Oc2ccc(OC(C)C)cc2)s1)NC(=O)N(C)C. The molecule has 0 aliphatic heterocycles. The molecule has 1 atom stereocenters. The summed E-state index contributed by atoms with van der Waals surface area (Å²) in [7, 11) is 3.37. The molecule has 0 aliphatic carbocycles. The maximum absolute atomic E-state index is 11.6. The van der Waals surface area contributed by atoms with Crippen LogP contribution in [-0.4, -0.2) is 42.2 Å². The Balaban J connectivity index is 1.93. The fraction of sp³-hybridized carbons (Fsp3) is 0.368. The third-order valence-electron chi connectivity index (χ3n) is 3.04. The van der Waals surface area contributed by atoms with Gasteiger partial charge in [0, 0.05) is 14.1 Å². The number of nitrogens with zero attached hydrogens (tertiary/aromatic N) is 2. The highest BCUT2D eigenvalue weighted by atomic mass is 32.1. The summed E-state index contributed by atoms with van der Waals surface area (Å²) >= 11 is 1.35. The van der Waals surface area contributed by atoms with Crippen LogP contribution in [0.25, 0.3) is 0 Å². The van der Waals surface area contributed by atoms with Crippen LogP contribution in [-0.2, 0) is 0 Å². The van der Waals surface area contributed by atoms with Crippen molar-refractivity contribution >= 4 is 17.4 Å². The second-order valence-corrected chi connectivity index (χ2v) is 7.06. The van der Waals surface area contributed by atoms with Crippen molar-refractivity contribution < 1.29 is 14.3 Å². The van der Waals surface area contributed by atoms with Gasteiger partial charge in [0.15, 0.2) is 0 Å². The number of ether oxygens (including phenoxy) is 2. The zero-order valence-corrected chi connectivity index (χ0v) is 16.4. The lowest BCUT2D eigenvalue weighted by Crippen LogP contribution is -2.39. The summed E-state index contributed by atoms with van der Waals surface area (Å²) in [6.45, 7) is 5.79. The summed E-state index contributed by atoms with van der Waals surface area (Å²) in [5, 5.41) is 3.28. The van der Waals surface area contributed by atoms with Gasteiger partial charge in [0.1, 0.15) is 16.4 Å². The maximum Gasteiger partial charge on any atom is 0.317 e. The van der Waals surface area contributed by atoms with Crippen molar-refractivity contribution in [2.24, 2.45) is 0 Å². The number of benzene rings is 1. The van der Waals surface area contributed by atoms with Gasteiger partial charge in [-0.05, 0) is 45.0 Å². The van der Waals surface area contributed by atoms with Crippen LogP contribution in [0.1, 0.15) is 25.6 Å². The Morgan fingerprint density at radius 3 is 2.46 bits per heavy atom. The number of aromatic nitrogens is 1. The highest BCUT2D eigenvalue weighted by molar-refractivity contribution is 7.13. The van der Waals surface area contributed by atoms with Crippen LogP contribution in [0.5, 0.6) is 16.7 Å². The van der Waals surface area contributed by atoms with Gasteiger partial charge in [-0.1, -0.05) is 23.2 Å². The van der Waals surface area contributed by atoms with Gasteiger partial charge in [-0.2, -0.15) is 0 Å². The number of amides is 2. The number of hydrogen-bond acceptors (Lipinski definition) is 5. The van der Waals surface area contributed by atoms with Crippen molar-refractivity contribution in [3.63, 3.8) is 0 Å². The van der Waals surface area contributed by atoms with Gasteiger partial charge in [-0.15, -0.1) is 0 Å². The molecular weight excluding hydrogens is 350 g/mol. The van der Waals surface area contributed by atoms with E-state index in [-0.39, 0.29) is 18.2 Å². The molecule has 0 fully saturated rings. The van der Waals surface area contributed by atoms with Gasteiger partial charge in [-0.3, -0.25) is 0 Å². The maximum atomic E-state index is 11.6. The summed E-state index contributed by atoms with van der Waals surface area (Å²) in [5.74, 6) is 7.46. The molecule has 2 rings (SSSR count). The van der Waals surface area contributed by atoms with Crippen LogP contribution >= 0.6 is 11.3 Å². The minimum Gasteiger partial charge on any atom is -0.491 e. The quantitative estimate of drug-likeness (QED) is 0.811. The summed E-state index contributed by atoms with van der Waals surface area (Å²) in [6, 6.07) is 6.96. The molecule has 1 heterocycles. The van der Waals surface area contributed by atoms with E-state index in [4.69, 9.17) is 9.47 Å². The topological polar surface area (TPSA) is 63.7 Å². The molecule has 0 aliphatic rings. The molecule has 1 aromatic heterocycles. The lowest BCUT2D eigenvalue weighted by molar-refractivity contribution is 0.216. The predicted octanol–water partition coefficient (Wildman–Crippen LogP) is 3.73. The monoisotopic (exact) mass is 373 g/mol. The first-order chi connectivity index (χ1) is 12.3. The van der Waals surface area contributed by atoms with Crippen LogP contribution in [0.4, 0.5) is 4.79 Å². The second-order valence-electron chi connectivity index (χ2n) is 6.07. The average molecular weight is 373 g/mol. The molecule has 1 aromatic carbocycles. The molecule has 26 heavy (non-hydrogen) atoms. The Kier molecular flexibility index (Phi) is 6.87. The third kappa shape index (κ3) is 6.30. The van der Waals surface area contributed by atoms with Gasteiger partial charge in [0.2, 0.25) is 0 Å². The molecule has 0 saturated heterocycles. The van der Waals surface area contributed by atoms with Crippen LogP contribution in [0.2, 0.25) is 0 Å². The van der Waals surface area contributed by atoms with E-state index in [0.29, 0.717) is 10.9 Å². The summed E-state index contributed by atoms with van der Waals surface area (Å²) in [4.78, 5) is 18.0. The Bertz CT molecular complexity index is 788. The zero-order valence-electron chi connectivity index (χ0n) is 15.6. The van der Waals surface area contributed by atoms with E-state index in [2.05, 4.69) is 22.1 Å². The lowest BCUT2D eigenvalue weighted by atomic mass is 10.3. The lowest BCUT2D eigenvalue weighted by Gasteiger charge is -2.13. The van der Waals surface area contributed by atoms with Crippen molar-refractivity contribution in [2.75, 3.05) is 14.1 Å². The highest BCUT2D eigenvalue weighted by Gasteiger charge is 2.07. The number of nitrogens with one attached hydrogen (secondary N) is 1. The average Bonchev–Trinajstić information content (AvgIpc) is 3.01. The standard InChI is InChI=1S/C19H23N3O3S/c1-13(2)24-15-7-9-16(10-8-15)25-19-20-12-17(26-19)11-6-14(3)21-18(23)22(4)5/h7-10,12-14H,1-5H3,(H,21,23). The van der Waals surface area contributed by atoms with Crippen molar-refractivity contribution in [1.82, 2.24) is 15.2 Å². The molecule has 138 valence electrons. The van der Waals surface area contributed by atoms with E-state index < -0.39 is 0 Å². The van der Waals surface area contributed by atoms with Gasteiger partial charge >= 0.3 is 6.03 Å². The fourth-order valence-electron chi connectivity index (χ4n) is 1.85. The Labute approximate surface area is 158 Å². The molecule has 2 amide bonds. The van der Waals surface area contributed by atoms with E-state index in [9.17, 15) is 4.79 Å². The number of carbonyl (C=O) groups is 1. The largest absolute Gasteiger partial charge is 0.491 e.